The lowest BCUT2D eigenvalue weighted by Crippen LogP contribution is -2.53. The molecule has 0 aromatic carbocycles. The molecule has 6 nitrogen and oxygen atoms in total. The first-order valence-electron chi connectivity index (χ1n) is 9.67. The van der Waals surface area contributed by atoms with Crippen molar-refractivity contribution >= 4 is 11.7 Å². The summed E-state index contributed by atoms with van der Waals surface area (Å²) in [6, 6.07) is 2.59. The van der Waals surface area contributed by atoms with Crippen LogP contribution in [0.15, 0.2) is 12.4 Å². The number of carbonyl (C=O) groups is 1. The Kier molecular flexibility index (Phi) is 5.89. The van der Waals surface area contributed by atoms with Crippen molar-refractivity contribution in [3.05, 3.63) is 18.1 Å². The van der Waals surface area contributed by atoms with Crippen LogP contribution in [0.5, 0.6) is 0 Å². The van der Waals surface area contributed by atoms with Gasteiger partial charge in [0.15, 0.2) is 0 Å². The van der Waals surface area contributed by atoms with Crippen molar-refractivity contribution < 1.29 is 4.79 Å². The van der Waals surface area contributed by atoms with Crippen LogP contribution < -0.4 is 4.90 Å². The Hall–Kier alpha value is -1.69. The summed E-state index contributed by atoms with van der Waals surface area (Å²) < 4.78 is 0. The van der Waals surface area contributed by atoms with E-state index in [1.54, 1.807) is 6.33 Å². The third kappa shape index (κ3) is 4.29. The molecule has 3 rings (SSSR count). The lowest BCUT2D eigenvalue weighted by molar-refractivity contribution is -0.137. The molecular weight excluding hydrogens is 314 g/mol. The summed E-state index contributed by atoms with van der Waals surface area (Å²) in [6.07, 6.45) is 4.74. The van der Waals surface area contributed by atoms with Gasteiger partial charge >= 0.3 is 0 Å². The van der Waals surface area contributed by atoms with Gasteiger partial charge in [-0.1, -0.05) is 6.92 Å². The highest BCUT2D eigenvalue weighted by Gasteiger charge is 2.31. The van der Waals surface area contributed by atoms with Crippen LogP contribution in [0.4, 0.5) is 5.82 Å². The van der Waals surface area contributed by atoms with Gasteiger partial charge in [0.2, 0.25) is 5.91 Å². The molecule has 1 unspecified atom stereocenters. The maximum Gasteiger partial charge on any atom is 0.227 e. The fourth-order valence-corrected chi connectivity index (χ4v) is 3.84. The number of rotatable bonds is 4. The van der Waals surface area contributed by atoms with Gasteiger partial charge in [0.1, 0.15) is 12.1 Å². The number of aryl methyl sites for hydroxylation is 1. The van der Waals surface area contributed by atoms with Gasteiger partial charge < -0.3 is 14.7 Å². The van der Waals surface area contributed by atoms with E-state index in [2.05, 4.69) is 51.5 Å². The summed E-state index contributed by atoms with van der Waals surface area (Å²) in [4.78, 5) is 28.4. The monoisotopic (exact) mass is 345 g/mol. The highest BCUT2D eigenvalue weighted by atomic mass is 16.2. The van der Waals surface area contributed by atoms with E-state index in [4.69, 9.17) is 0 Å². The first-order chi connectivity index (χ1) is 12.1. The molecule has 0 spiro atoms. The molecule has 0 radical (unpaired) electrons. The minimum Gasteiger partial charge on any atom is -0.353 e. The van der Waals surface area contributed by atoms with Gasteiger partial charge in [-0.05, 0) is 39.7 Å². The Morgan fingerprint density at radius 1 is 1.20 bits per heavy atom. The Labute approximate surface area is 151 Å². The largest absolute Gasteiger partial charge is 0.353 e. The molecule has 0 aliphatic carbocycles. The average Bonchev–Trinajstić information content (AvgIpc) is 2.67. The summed E-state index contributed by atoms with van der Waals surface area (Å²) in [5.74, 6) is 1.51. The number of likely N-dealkylation sites (tertiary alicyclic amines) is 1. The topological polar surface area (TPSA) is 52.6 Å². The van der Waals surface area contributed by atoms with Gasteiger partial charge in [-0.25, -0.2) is 9.97 Å². The lowest BCUT2D eigenvalue weighted by atomic mass is 9.95. The normalized spacial score (nSPS) is 22.5. The molecule has 0 saturated carbocycles. The molecule has 0 N–H and O–H groups in total. The Balaban J connectivity index is 1.55. The van der Waals surface area contributed by atoms with Gasteiger partial charge in [-0.3, -0.25) is 4.79 Å². The average molecular weight is 345 g/mol. The second kappa shape index (κ2) is 8.13. The van der Waals surface area contributed by atoms with Gasteiger partial charge in [-0.15, -0.1) is 0 Å². The van der Waals surface area contributed by atoms with Crippen LogP contribution in [0, 0.1) is 5.92 Å². The smallest absolute Gasteiger partial charge is 0.227 e. The summed E-state index contributed by atoms with van der Waals surface area (Å²) >= 11 is 0. The molecule has 1 amide bonds. The van der Waals surface area contributed by atoms with Crippen LogP contribution in [0.25, 0.3) is 0 Å². The SMILES string of the molecule is CCc1cc(N2CCN(C(=O)C3CCCN(C(C)C)C3)CC2)ncn1. The highest BCUT2D eigenvalue weighted by Crippen LogP contribution is 2.22. The number of piperazine rings is 1. The predicted molar refractivity (Wildman–Crippen MR) is 99.6 cm³/mol. The zero-order chi connectivity index (χ0) is 17.8. The summed E-state index contributed by atoms with van der Waals surface area (Å²) in [5, 5.41) is 0. The van der Waals surface area contributed by atoms with E-state index in [1.165, 1.54) is 0 Å². The van der Waals surface area contributed by atoms with E-state index < -0.39 is 0 Å². The van der Waals surface area contributed by atoms with E-state index in [-0.39, 0.29) is 5.92 Å². The van der Waals surface area contributed by atoms with Crippen molar-refractivity contribution in [1.29, 1.82) is 0 Å². The minimum absolute atomic E-state index is 0.174. The van der Waals surface area contributed by atoms with Gasteiger partial charge in [0, 0.05) is 50.5 Å². The van der Waals surface area contributed by atoms with E-state index in [9.17, 15) is 4.79 Å². The molecule has 2 saturated heterocycles. The minimum atomic E-state index is 0.174. The number of hydrogen-bond donors (Lipinski definition) is 0. The fourth-order valence-electron chi connectivity index (χ4n) is 3.84. The maximum absolute atomic E-state index is 12.9. The van der Waals surface area contributed by atoms with Crippen LogP contribution >= 0.6 is 0 Å². The Morgan fingerprint density at radius 2 is 1.96 bits per heavy atom. The number of piperidine rings is 1. The van der Waals surface area contributed by atoms with Crippen LogP contribution in [0.3, 0.4) is 0 Å². The van der Waals surface area contributed by atoms with Gasteiger partial charge in [0.25, 0.3) is 0 Å². The van der Waals surface area contributed by atoms with Gasteiger partial charge in [-0.2, -0.15) is 0 Å². The Bertz CT molecular complexity index is 583. The second-order valence-electron chi connectivity index (χ2n) is 7.46. The molecule has 1 aromatic rings. The quantitative estimate of drug-likeness (QED) is 0.833. The van der Waals surface area contributed by atoms with Crippen LogP contribution in [0.2, 0.25) is 0 Å². The maximum atomic E-state index is 12.9. The standard InChI is InChI=1S/C19H31N5O/c1-4-17-12-18(21-14-20-17)22-8-10-23(11-9-22)19(25)16-6-5-7-24(13-16)15(2)3/h12,14-16H,4-11,13H2,1-3H3. The number of hydrogen-bond acceptors (Lipinski definition) is 5. The van der Waals surface area contributed by atoms with E-state index in [0.29, 0.717) is 11.9 Å². The molecule has 25 heavy (non-hydrogen) atoms. The van der Waals surface area contributed by atoms with Crippen molar-refractivity contribution in [1.82, 2.24) is 19.8 Å². The van der Waals surface area contributed by atoms with Crippen LogP contribution in [0.1, 0.15) is 39.3 Å². The predicted octanol–water partition coefficient (Wildman–Crippen LogP) is 1.81. The van der Waals surface area contributed by atoms with Crippen LogP contribution in [-0.2, 0) is 11.2 Å². The van der Waals surface area contributed by atoms with Crippen molar-refractivity contribution in [2.24, 2.45) is 5.92 Å². The Morgan fingerprint density at radius 3 is 2.64 bits per heavy atom. The summed E-state index contributed by atoms with van der Waals surface area (Å²) in [7, 11) is 0. The van der Waals surface area contributed by atoms with E-state index in [1.807, 2.05) is 0 Å². The zero-order valence-electron chi connectivity index (χ0n) is 15.8. The second-order valence-corrected chi connectivity index (χ2v) is 7.46. The summed E-state index contributed by atoms with van der Waals surface area (Å²) in [5.41, 5.74) is 1.07. The number of anilines is 1. The van der Waals surface area contributed by atoms with E-state index in [0.717, 1.165) is 70.0 Å². The molecule has 0 bridgehead atoms. The van der Waals surface area contributed by atoms with Crippen molar-refractivity contribution in [3.63, 3.8) is 0 Å². The molecule has 138 valence electrons. The molecule has 1 aromatic heterocycles. The van der Waals surface area contributed by atoms with E-state index >= 15 is 0 Å². The number of aromatic nitrogens is 2. The van der Waals surface area contributed by atoms with Crippen LogP contribution in [-0.4, -0.2) is 71.0 Å². The third-order valence-electron chi connectivity index (χ3n) is 5.52. The first-order valence-corrected chi connectivity index (χ1v) is 9.67. The van der Waals surface area contributed by atoms with Gasteiger partial charge in [0.05, 0.1) is 5.92 Å². The molecule has 2 aliphatic rings. The molecule has 3 heterocycles. The first kappa shape index (κ1) is 18.1. The lowest BCUT2D eigenvalue weighted by Gasteiger charge is -2.40. The highest BCUT2D eigenvalue weighted by molar-refractivity contribution is 5.79. The zero-order valence-corrected chi connectivity index (χ0v) is 15.8. The van der Waals surface area contributed by atoms with Crippen molar-refractivity contribution in [2.75, 3.05) is 44.2 Å². The summed E-state index contributed by atoms with van der Waals surface area (Å²) in [6.45, 7) is 11.9. The third-order valence-corrected chi connectivity index (χ3v) is 5.52. The van der Waals surface area contributed by atoms with Crippen molar-refractivity contribution in [3.8, 4) is 0 Å². The number of carbonyl (C=O) groups excluding carboxylic acids is 1. The molecule has 2 fully saturated rings. The molecular formula is C19H31N5O. The fraction of sp³-hybridized carbons (Fsp3) is 0.737. The van der Waals surface area contributed by atoms with Crippen molar-refractivity contribution in [2.45, 2.75) is 46.1 Å². The molecule has 1 atom stereocenters. The number of amides is 1. The molecule has 2 aliphatic heterocycles. The number of nitrogens with zero attached hydrogens (tertiary/aromatic N) is 5. The molecule has 6 heteroatoms.